The third-order valence-corrected chi connectivity index (χ3v) is 4.26. The molecule has 144 valence electrons. The third kappa shape index (κ3) is 5.69. The van der Waals surface area contributed by atoms with Crippen LogP contribution in [0.4, 0.5) is 0 Å². The first-order valence-electron chi connectivity index (χ1n) is 8.95. The summed E-state index contributed by atoms with van der Waals surface area (Å²) in [7, 11) is 1.62. The van der Waals surface area contributed by atoms with Crippen molar-refractivity contribution >= 4 is 0 Å². The Kier molecular flexibility index (Phi) is 6.76. The third-order valence-electron chi connectivity index (χ3n) is 4.26. The van der Waals surface area contributed by atoms with Crippen LogP contribution in [0, 0.1) is 13.8 Å². The highest BCUT2D eigenvalue weighted by Gasteiger charge is 2.19. The lowest BCUT2D eigenvalue weighted by Gasteiger charge is -2.22. The Hall–Kier alpha value is -2.16. The smallest absolute Gasteiger partial charge is 0.122 e. The van der Waals surface area contributed by atoms with Crippen LogP contribution in [-0.4, -0.2) is 17.3 Å². The molecular weight excluding hydrogens is 324 g/mol. The first-order chi connectivity index (χ1) is 11.8. The van der Waals surface area contributed by atoms with E-state index in [1.807, 2.05) is 19.1 Å². The van der Waals surface area contributed by atoms with Crippen LogP contribution in [0.2, 0.25) is 0 Å². The van der Waals surface area contributed by atoms with Gasteiger partial charge in [-0.2, -0.15) is 0 Å². The molecule has 0 saturated carbocycles. The van der Waals surface area contributed by atoms with E-state index in [0.717, 1.165) is 22.4 Å². The molecule has 0 saturated heterocycles. The second kappa shape index (κ2) is 8.03. The van der Waals surface area contributed by atoms with Crippen molar-refractivity contribution in [1.82, 2.24) is 0 Å². The molecule has 0 unspecified atom stereocenters. The summed E-state index contributed by atoms with van der Waals surface area (Å²) in [4.78, 5) is 0. The van der Waals surface area contributed by atoms with E-state index >= 15 is 0 Å². The van der Waals surface area contributed by atoms with Gasteiger partial charge in [0.2, 0.25) is 0 Å². The summed E-state index contributed by atoms with van der Waals surface area (Å²) in [6.07, 6.45) is 0. The summed E-state index contributed by atoms with van der Waals surface area (Å²) in [5, 5.41) is 19.5. The van der Waals surface area contributed by atoms with Crippen molar-refractivity contribution in [2.75, 3.05) is 7.11 Å². The number of benzene rings is 2. The van der Waals surface area contributed by atoms with Gasteiger partial charge in [0.1, 0.15) is 17.2 Å². The molecule has 0 bridgehead atoms. The monoisotopic (exact) mass is 358 g/mol. The van der Waals surface area contributed by atoms with Crippen LogP contribution in [0.3, 0.4) is 0 Å². The average molecular weight is 359 g/mol. The van der Waals surface area contributed by atoms with Crippen LogP contribution in [0.5, 0.6) is 17.2 Å². The van der Waals surface area contributed by atoms with E-state index < -0.39 is 0 Å². The molecule has 0 spiro atoms. The molecule has 2 N–H and O–H groups in total. The fourth-order valence-corrected chi connectivity index (χ4v) is 2.77. The Balaban J connectivity index is 0.000000260. The molecule has 0 heterocycles. The van der Waals surface area contributed by atoms with Crippen LogP contribution >= 0.6 is 0 Å². The number of hydrogen-bond donors (Lipinski definition) is 2. The molecule has 0 aliphatic carbocycles. The number of aromatic hydroxyl groups is 2. The number of aryl methyl sites for hydroxylation is 2. The van der Waals surface area contributed by atoms with Crippen LogP contribution in [-0.2, 0) is 10.8 Å². The maximum atomic E-state index is 9.86. The quantitative estimate of drug-likeness (QED) is 0.657. The number of rotatable bonds is 1. The van der Waals surface area contributed by atoms with Gasteiger partial charge in [0.15, 0.2) is 0 Å². The van der Waals surface area contributed by atoms with Crippen LogP contribution < -0.4 is 4.74 Å². The molecule has 0 amide bonds. The molecule has 2 aromatic rings. The van der Waals surface area contributed by atoms with E-state index in [4.69, 9.17) is 4.74 Å². The SMILES string of the molecule is COc1ccc(O)c(C(C)(C)C)c1.Cc1cc(C)c(O)c(C(C)(C)C)c1. The summed E-state index contributed by atoms with van der Waals surface area (Å²) in [5.41, 5.74) is 4.07. The van der Waals surface area contributed by atoms with Crippen molar-refractivity contribution in [3.8, 4) is 17.2 Å². The van der Waals surface area contributed by atoms with Gasteiger partial charge in [-0.05, 0) is 54.0 Å². The van der Waals surface area contributed by atoms with Crippen molar-refractivity contribution in [3.05, 3.63) is 52.6 Å². The lowest BCUT2D eigenvalue weighted by atomic mass is 9.84. The molecule has 0 aliphatic heterocycles. The Morgan fingerprint density at radius 1 is 0.769 bits per heavy atom. The molecule has 2 rings (SSSR count). The molecular formula is C23H34O3. The minimum absolute atomic E-state index is 0.0147. The lowest BCUT2D eigenvalue weighted by Crippen LogP contribution is -2.12. The van der Waals surface area contributed by atoms with E-state index in [9.17, 15) is 10.2 Å². The fourth-order valence-electron chi connectivity index (χ4n) is 2.77. The normalized spacial score (nSPS) is 11.6. The molecule has 0 aliphatic rings. The number of hydrogen-bond acceptors (Lipinski definition) is 3. The van der Waals surface area contributed by atoms with Crippen LogP contribution in [0.1, 0.15) is 63.8 Å². The van der Waals surface area contributed by atoms with Gasteiger partial charge >= 0.3 is 0 Å². The minimum atomic E-state index is -0.0569. The van der Waals surface area contributed by atoms with Crippen LogP contribution in [0.25, 0.3) is 0 Å². The van der Waals surface area contributed by atoms with Crippen molar-refractivity contribution in [2.24, 2.45) is 0 Å². The van der Waals surface area contributed by atoms with Gasteiger partial charge in [0.25, 0.3) is 0 Å². The Morgan fingerprint density at radius 2 is 1.31 bits per heavy atom. The molecule has 0 aromatic heterocycles. The molecule has 2 aromatic carbocycles. The number of phenolic OH excluding ortho intramolecular Hbond substituents is 2. The van der Waals surface area contributed by atoms with Gasteiger partial charge in [-0.1, -0.05) is 59.2 Å². The second-order valence-electron chi connectivity index (χ2n) is 8.86. The number of ether oxygens (including phenoxy) is 1. The zero-order valence-corrected chi connectivity index (χ0v) is 17.7. The first kappa shape index (κ1) is 21.9. The lowest BCUT2D eigenvalue weighted by molar-refractivity contribution is 0.405. The molecule has 0 atom stereocenters. The van der Waals surface area contributed by atoms with Crippen molar-refractivity contribution < 1.29 is 14.9 Å². The van der Waals surface area contributed by atoms with Crippen molar-refractivity contribution in [2.45, 2.75) is 66.2 Å². The number of phenols is 2. The zero-order valence-electron chi connectivity index (χ0n) is 17.7. The van der Waals surface area contributed by atoms with Gasteiger partial charge in [-0.25, -0.2) is 0 Å². The Morgan fingerprint density at radius 3 is 1.77 bits per heavy atom. The highest BCUT2D eigenvalue weighted by molar-refractivity contribution is 5.46. The van der Waals surface area contributed by atoms with Crippen molar-refractivity contribution in [1.29, 1.82) is 0 Å². The molecule has 0 fully saturated rings. The highest BCUT2D eigenvalue weighted by atomic mass is 16.5. The van der Waals surface area contributed by atoms with E-state index in [1.165, 1.54) is 5.56 Å². The Bertz CT molecular complexity index is 747. The average Bonchev–Trinajstić information content (AvgIpc) is 2.50. The predicted octanol–water partition coefficient (Wildman–Crippen LogP) is 6.00. The van der Waals surface area contributed by atoms with E-state index in [0.29, 0.717) is 11.5 Å². The standard InChI is InChI=1S/C12H18O.C11H16O2/c1-8-6-9(2)11(13)10(7-8)12(3,4)5;1-11(2,3)9-7-8(13-4)5-6-10(9)12/h6-7,13H,1-5H3;5-7,12H,1-4H3. The summed E-state index contributed by atoms with van der Waals surface area (Å²) in [6.45, 7) is 16.5. The molecule has 0 radical (unpaired) electrons. The van der Waals surface area contributed by atoms with Gasteiger partial charge in [0.05, 0.1) is 7.11 Å². The van der Waals surface area contributed by atoms with Gasteiger partial charge < -0.3 is 14.9 Å². The second-order valence-corrected chi connectivity index (χ2v) is 8.86. The molecule has 3 heteroatoms. The van der Waals surface area contributed by atoms with E-state index in [1.54, 1.807) is 19.2 Å². The number of methoxy groups -OCH3 is 1. The summed E-state index contributed by atoms with van der Waals surface area (Å²) < 4.78 is 5.09. The van der Waals surface area contributed by atoms with Crippen LogP contribution in [0.15, 0.2) is 30.3 Å². The maximum Gasteiger partial charge on any atom is 0.122 e. The van der Waals surface area contributed by atoms with Crippen molar-refractivity contribution in [3.63, 3.8) is 0 Å². The van der Waals surface area contributed by atoms with Gasteiger partial charge in [-0.15, -0.1) is 0 Å². The minimum Gasteiger partial charge on any atom is -0.508 e. The Labute approximate surface area is 158 Å². The van der Waals surface area contributed by atoms with E-state index in [2.05, 4.69) is 54.5 Å². The molecule has 3 nitrogen and oxygen atoms in total. The predicted molar refractivity (Wildman–Crippen MR) is 110 cm³/mol. The topological polar surface area (TPSA) is 49.7 Å². The van der Waals surface area contributed by atoms with Gasteiger partial charge in [-0.3, -0.25) is 0 Å². The summed E-state index contributed by atoms with van der Waals surface area (Å²) in [5.74, 6) is 1.55. The first-order valence-corrected chi connectivity index (χ1v) is 8.95. The largest absolute Gasteiger partial charge is 0.508 e. The molecule has 26 heavy (non-hydrogen) atoms. The summed E-state index contributed by atoms with van der Waals surface area (Å²) in [6, 6.07) is 9.35. The van der Waals surface area contributed by atoms with E-state index in [-0.39, 0.29) is 10.8 Å². The van der Waals surface area contributed by atoms with Gasteiger partial charge in [0, 0.05) is 5.56 Å². The fraction of sp³-hybridized carbons (Fsp3) is 0.478. The zero-order chi connectivity index (χ0) is 20.3. The maximum absolute atomic E-state index is 9.86. The highest BCUT2D eigenvalue weighted by Crippen LogP contribution is 2.34. The summed E-state index contributed by atoms with van der Waals surface area (Å²) >= 11 is 0.